The minimum atomic E-state index is -0.447. The molecule has 1 aliphatic heterocycles. The minimum absolute atomic E-state index is 0.313. The van der Waals surface area contributed by atoms with Gasteiger partial charge in [-0.2, -0.15) is 0 Å². The molecule has 30 heavy (non-hydrogen) atoms. The van der Waals surface area contributed by atoms with Crippen LogP contribution in [0.25, 0.3) is 17.0 Å². The predicted octanol–water partition coefficient (Wildman–Crippen LogP) is 4.64. The van der Waals surface area contributed by atoms with Crippen LogP contribution in [0.1, 0.15) is 18.1 Å². The van der Waals surface area contributed by atoms with Gasteiger partial charge in [-0.1, -0.05) is 35.9 Å². The molecule has 152 valence electrons. The number of thioether (sulfide) groups is 1. The summed E-state index contributed by atoms with van der Waals surface area (Å²) in [5.41, 5.74) is 3.65. The number of nitrogens with zero attached hydrogens (tertiary/aromatic N) is 2. The van der Waals surface area contributed by atoms with Gasteiger partial charge >= 0.3 is 0 Å². The average molecular weight is 420 g/mol. The van der Waals surface area contributed by atoms with E-state index < -0.39 is 17.1 Å². The first-order chi connectivity index (χ1) is 14.5. The summed E-state index contributed by atoms with van der Waals surface area (Å²) in [4.78, 5) is 38.8. The Morgan fingerprint density at radius 1 is 1.10 bits per heavy atom. The van der Waals surface area contributed by atoms with Crippen LogP contribution < -0.4 is 5.32 Å². The number of benzene rings is 2. The Bertz CT molecular complexity index is 1180. The maximum atomic E-state index is 12.8. The number of nitrogens with one attached hydrogen (secondary N) is 1. The molecular weight excluding hydrogens is 398 g/mol. The van der Waals surface area contributed by atoms with Gasteiger partial charge in [0.1, 0.15) is 6.54 Å². The average Bonchev–Trinajstić information content (AvgIpc) is 3.22. The summed E-state index contributed by atoms with van der Waals surface area (Å²) in [6.07, 6.45) is 3.71. The number of fused-ring (bicyclic) bond motifs is 1. The second-order valence-corrected chi connectivity index (χ2v) is 8.06. The lowest BCUT2D eigenvalue weighted by molar-refractivity contribution is -0.127. The normalized spacial score (nSPS) is 15.4. The number of imide groups is 1. The van der Waals surface area contributed by atoms with Gasteiger partial charge in [0, 0.05) is 34.9 Å². The Kier molecular flexibility index (Phi) is 5.46. The van der Waals surface area contributed by atoms with Crippen LogP contribution in [0.2, 0.25) is 0 Å². The molecule has 0 aliphatic carbocycles. The van der Waals surface area contributed by atoms with Crippen LogP contribution >= 0.6 is 11.8 Å². The number of aromatic nitrogens is 1. The van der Waals surface area contributed by atoms with Crippen molar-refractivity contribution < 1.29 is 14.4 Å². The summed E-state index contributed by atoms with van der Waals surface area (Å²) in [5, 5.41) is 3.30. The van der Waals surface area contributed by atoms with Crippen molar-refractivity contribution >= 4 is 51.5 Å². The SMILES string of the molecule is CCn1cc(/C=C2\SC(=O)N(CC(=O)Nc3ccc(C)cc3)C2=O)c2ccccc21. The number of aryl methyl sites for hydroxylation is 2. The van der Waals surface area contributed by atoms with Gasteiger partial charge in [0.2, 0.25) is 5.91 Å². The Balaban J connectivity index is 1.53. The third-order valence-electron chi connectivity index (χ3n) is 4.96. The van der Waals surface area contributed by atoms with Crippen molar-refractivity contribution in [1.29, 1.82) is 0 Å². The summed E-state index contributed by atoms with van der Waals surface area (Å²) in [6, 6.07) is 15.3. The second kappa shape index (κ2) is 8.20. The molecule has 0 radical (unpaired) electrons. The zero-order valence-corrected chi connectivity index (χ0v) is 17.5. The van der Waals surface area contributed by atoms with Crippen LogP contribution in [0.15, 0.2) is 59.6 Å². The van der Waals surface area contributed by atoms with Crippen LogP contribution in [-0.2, 0) is 16.1 Å². The van der Waals surface area contributed by atoms with E-state index in [0.29, 0.717) is 10.6 Å². The van der Waals surface area contributed by atoms with Crippen molar-refractivity contribution in [3.63, 3.8) is 0 Å². The van der Waals surface area contributed by atoms with Crippen molar-refractivity contribution in [2.24, 2.45) is 0 Å². The second-order valence-electron chi connectivity index (χ2n) is 7.07. The Hall–Kier alpha value is -3.32. The smallest absolute Gasteiger partial charge is 0.294 e. The van der Waals surface area contributed by atoms with Gasteiger partial charge in [0.25, 0.3) is 11.1 Å². The molecule has 0 spiro atoms. The predicted molar refractivity (Wildman–Crippen MR) is 120 cm³/mol. The molecule has 1 aliphatic rings. The van der Waals surface area contributed by atoms with Crippen LogP contribution in [0.4, 0.5) is 10.5 Å². The van der Waals surface area contributed by atoms with Gasteiger partial charge in [0.15, 0.2) is 0 Å². The first kappa shape index (κ1) is 20.0. The van der Waals surface area contributed by atoms with E-state index in [-0.39, 0.29) is 6.54 Å². The molecular formula is C23H21N3O3S. The Morgan fingerprint density at radius 3 is 2.57 bits per heavy atom. The highest BCUT2D eigenvalue weighted by Gasteiger charge is 2.36. The van der Waals surface area contributed by atoms with Gasteiger partial charge in [-0.3, -0.25) is 19.3 Å². The Labute approximate surface area is 178 Å². The first-order valence-electron chi connectivity index (χ1n) is 9.66. The molecule has 7 heteroatoms. The lowest BCUT2D eigenvalue weighted by atomic mass is 10.1. The number of amides is 3. The molecule has 0 atom stereocenters. The van der Waals surface area contributed by atoms with Crippen molar-refractivity contribution in [3.8, 4) is 0 Å². The molecule has 0 saturated carbocycles. The number of rotatable bonds is 5. The molecule has 4 rings (SSSR count). The third-order valence-corrected chi connectivity index (χ3v) is 5.86. The molecule has 0 unspecified atom stereocenters. The van der Waals surface area contributed by atoms with E-state index in [9.17, 15) is 14.4 Å². The van der Waals surface area contributed by atoms with Crippen molar-refractivity contribution in [1.82, 2.24) is 9.47 Å². The fraction of sp³-hybridized carbons (Fsp3) is 0.174. The highest BCUT2D eigenvalue weighted by atomic mass is 32.2. The molecule has 1 fully saturated rings. The third kappa shape index (κ3) is 3.89. The molecule has 1 aromatic heterocycles. The zero-order chi connectivity index (χ0) is 21.3. The molecule has 0 bridgehead atoms. The monoisotopic (exact) mass is 419 g/mol. The fourth-order valence-corrected chi connectivity index (χ4v) is 4.24. The quantitative estimate of drug-likeness (QED) is 0.612. The minimum Gasteiger partial charge on any atom is -0.347 e. The fourth-order valence-electron chi connectivity index (χ4n) is 3.41. The van der Waals surface area contributed by atoms with E-state index in [1.807, 2.05) is 49.5 Å². The molecule has 1 N–H and O–H groups in total. The van der Waals surface area contributed by atoms with Crippen LogP contribution in [0.5, 0.6) is 0 Å². The maximum Gasteiger partial charge on any atom is 0.294 e. The summed E-state index contributed by atoms with van der Waals surface area (Å²) in [7, 11) is 0. The largest absolute Gasteiger partial charge is 0.347 e. The highest BCUT2D eigenvalue weighted by molar-refractivity contribution is 8.18. The van der Waals surface area contributed by atoms with Gasteiger partial charge < -0.3 is 9.88 Å². The molecule has 1 saturated heterocycles. The molecule has 3 amide bonds. The van der Waals surface area contributed by atoms with Crippen LogP contribution in [0.3, 0.4) is 0 Å². The van der Waals surface area contributed by atoms with Crippen LogP contribution in [-0.4, -0.2) is 33.1 Å². The van der Waals surface area contributed by atoms with E-state index in [4.69, 9.17) is 0 Å². The van der Waals surface area contributed by atoms with Gasteiger partial charge in [0.05, 0.1) is 4.91 Å². The standard InChI is InChI=1S/C23H21N3O3S/c1-3-25-13-16(18-6-4-5-7-19(18)25)12-20-22(28)26(23(29)30-20)14-21(27)24-17-10-8-15(2)9-11-17/h4-13H,3,14H2,1-2H3,(H,24,27)/b20-12-. The van der Waals surface area contributed by atoms with Crippen molar-refractivity contribution in [2.75, 3.05) is 11.9 Å². The highest BCUT2D eigenvalue weighted by Crippen LogP contribution is 2.34. The zero-order valence-electron chi connectivity index (χ0n) is 16.7. The molecule has 3 aromatic rings. The number of carbonyl (C=O) groups excluding carboxylic acids is 3. The number of hydrogen-bond acceptors (Lipinski definition) is 4. The summed E-state index contributed by atoms with van der Waals surface area (Å²) < 4.78 is 2.10. The number of para-hydroxylation sites is 1. The van der Waals surface area contributed by atoms with Crippen LogP contribution in [0, 0.1) is 6.92 Å². The Morgan fingerprint density at radius 2 is 1.83 bits per heavy atom. The van der Waals surface area contributed by atoms with E-state index in [1.54, 1.807) is 18.2 Å². The van der Waals surface area contributed by atoms with Crippen molar-refractivity contribution in [2.45, 2.75) is 20.4 Å². The summed E-state index contributed by atoms with van der Waals surface area (Å²) in [6.45, 7) is 4.49. The number of hydrogen-bond donors (Lipinski definition) is 1. The number of carbonyl (C=O) groups is 3. The molecule has 6 nitrogen and oxygen atoms in total. The van der Waals surface area contributed by atoms with Gasteiger partial charge in [-0.05, 0) is 49.9 Å². The summed E-state index contributed by atoms with van der Waals surface area (Å²) >= 11 is 0.862. The lowest BCUT2D eigenvalue weighted by Crippen LogP contribution is -2.36. The van der Waals surface area contributed by atoms with E-state index in [2.05, 4.69) is 16.8 Å². The van der Waals surface area contributed by atoms with Crippen molar-refractivity contribution in [3.05, 3.63) is 70.8 Å². The van der Waals surface area contributed by atoms with E-state index in [0.717, 1.165) is 45.2 Å². The maximum absolute atomic E-state index is 12.8. The number of anilines is 1. The van der Waals surface area contributed by atoms with Gasteiger partial charge in [-0.15, -0.1) is 0 Å². The molecule has 2 heterocycles. The first-order valence-corrected chi connectivity index (χ1v) is 10.5. The van der Waals surface area contributed by atoms with Gasteiger partial charge in [-0.25, -0.2) is 0 Å². The van der Waals surface area contributed by atoms with E-state index >= 15 is 0 Å². The topological polar surface area (TPSA) is 71.4 Å². The summed E-state index contributed by atoms with van der Waals surface area (Å²) in [5.74, 6) is -0.859. The van der Waals surface area contributed by atoms with E-state index in [1.165, 1.54) is 0 Å². The molecule has 2 aromatic carbocycles. The lowest BCUT2D eigenvalue weighted by Gasteiger charge is -2.12.